The molecule has 0 aromatic heterocycles. The maximum Gasteiger partial charge on any atom is 0.586 e. The number of hydrogen-bond donors (Lipinski definition) is 1. The molecule has 1 aliphatic heterocycles. The summed E-state index contributed by atoms with van der Waals surface area (Å²) in [5.74, 6) is -1.42. The Morgan fingerprint density at radius 2 is 1.52 bits per heavy atom. The molecule has 0 bridgehead atoms. The molecular weight excluding hydrogens is 382 g/mol. The molecule has 1 N–H and O–H groups in total. The molecule has 154 valence electrons. The first kappa shape index (κ1) is 20.6. The molecule has 0 atom stereocenters. The van der Waals surface area contributed by atoms with Crippen LogP contribution in [0.15, 0.2) is 36.4 Å². The Hall–Kier alpha value is -3.16. The Bertz CT molecular complexity index is 963. The first-order valence-corrected chi connectivity index (χ1v) is 8.99. The van der Waals surface area contributed by atoms with Gasteiger partial charge in [-0.2, -0.15) is 0 Å². The summed E-state index contributed by atoms with van der Waals surface area (Å²) in [7, 11) is 0. The van der Waals surface area contributed by atoms with E-state index in [0.717, 1.165) is 11.1 Å². The Labute approximate surface area is 167 Å². The van der Waals surface area contributed by atoms with E-state index in [1.54, 1.807) is 32.9 Å². The molecule has 0 spiro atoms. The van der Waals surface area contributed by atoms with Gasteiger partial charge in [-0.1, -0.05) is 17.2 Å². The fourth-order valence-corrected chi connectivity index (χ4v) is 3.01. The first-order chi connectivity index (χ1) is 13.4. The predicted molar refractivity (Wildman–Crippen MR) is 102 cm³/mol. The molecule has 6 nitrogen and oxygen atoms in total. The number of ether oxygens (including phenoxy) is 2. The lowest BCUT2D eigenvalue weighted by Gasteiger charge is -2.35. The molecule has 2 amide bonds. The third kappa shape index (κ3) is 4.47. The number of aryl methyl sites for hydroxylation is 2. The minimum Gasteiger partial charge on any atom is -0.395 e. The molecule has 0 fully saturated rings. The Kier molecular flexibility index (Phi) is 4.98. The number of halogens is 2. The smallest absolute Gasteiger partial charge is 0.395 e. The lowest BCUT2D eigenvalue weighted by molar-refractivity contribution is -0.286. The van der Waals surface area contributed by atoms with Crippen LogP contribution in [0.25, 0.3) is 0 Å². The number of hydrogen-bond acceptors (Lipinski definition) is 4. The van der Waals surface area contributed by atoms with E-state index in [9.17, 15) is 18.4 Å². The highest BCUT2D eigenvalue weighted by Crippen LogP contribution is 2.41. The quantitative estimate of drug-likeness (QED) is 0.762. The van der Waals surface area contributed by atoms with Gasteiger partial charge in [0, 0.05) is 11.1 Å². The van der Waals surface area contributed by atoms with Crippen LogP contribution in [0.3, 0.4) is 0 Å². The second-order valence-corrected chi connectivity index (χ2v) is 7.96. The number of rotatable bonds is 2. The van der Waals surface area contributed by atoms with Crippen molar-refractivity contribution in [1.29, 1.82) is 0 Å². The average Bonchev–Trinajstić information content (AvgIpc) is 2.89. The summed E-state index contributed by atoms with van der Waals surface area (Å²) in [4.78, 5) is 25.8. The van der Waals surface area contributed by atoms with E-state index in [4.69, 9.17) is 0 Å². The van der Waals surface area contributed by atoms with Crippen LogP contribution in [-0.2, 0) is 0 Å². The summed E-state index contributed by atoms with van der Waals surface area (Å²) in [6.07, 6.45) is -3.77. The Morgan fingerprint density at radius 3 is 2.10 bits per heavy atom. The molecule has 8 heteroatoms. The van der Waals surface area contributed by atoms with E-state index in [1.807, 2.05) is 19.9 Å². The third-order valence-corrected chi connectivity index (χ3v) is 4.22. The number of carbonyl (C=O) groups excluding carboxylic acids is 2. The van der Waals surface area contributed by atoms with Gasteiger partial charge in [-0.15, -0.1) is 8.78 Å². The molecule has 0 unspecified atom stereocenters. The molecule has 2 aromatic rings. The summed E-state index contributed by atoms with van der Waals surface area (Å²) < 4.78 is 35.3. The van der Waals surface area contributed by atoms with Gasteiger partial charge in [0.1, 0.15) is 0 Å². The zero-order valence-electron chi connectivity index (χ0n) is 16.8. The molecule has 29 heavy (non-hydrogen) atoms. The number of nitrogens with one attached hydrogen (secondary N) is 1. The van der Waals surface area contributed by atoms with Crippen molar-refractivity contribution in [2.75, 3.05) is 0 Å². The molecule has 0 saturated heterocycles. The number of alkyl halides is 2. The van der Waals surface area contributed by atoms with Gasteiger partial charge in [0.15, 0.2) is 11.5 Å². The summed E-state index contributed by atoms with van der Waals surface area (Å²) in [5.41, 5.74) is 4.17. The minimum atomic E-state index is -3.77. The lowest BCUT2D eigenvalue weighted by atomic mass is 10.1. The van der Waals surface area contributed by atoms with E-state index >= 15 is 0 Å². The molecule has 1 heterocycles. The van der Waals surface area contributed by atoms with E-state index < -0.39 is 23.6 Å². The molecule has 2 aromatic carbocycles. The van der Waals surface area contributed by atoms with Gasteiger partial charge in [-0.25, -0.2) is 5.01 Å². The van der Waals surface area contributed by atoms with Crippen molar-refractivity contribution in [3.63, 3.8) is 0 Å². The first-order valence-electron chi connectivity index (χ1n) is 8.99. The molecule has 0 saturated carbocycles. The van der Waals surface area contributed by atoms with Crippen LogP contribution in [0.2, 0.25) is 0 Å². The van der Waals surface area contributed by atoms with Gasteiger partial charge in [-0.3, -0.25) is 15.0 Å². The lowest BCUT2D eigenvalue weighted by Crippen LogP contribution is -2.55. The Balaban J connectivity index is 1.88. The van der Waals surface area contributed by atoms with Crippen molar-refractivity contribution in [2.24, 2.45) is 0 Å². The van der Waals surface area contributed by atoms with Gasteiger partial charge in [0.05, 0.1) is 5.54 Å². The highest BCUT2D eigenvalue weighted by molar-refractivity contribution is 6.00. The second kappa shape index (κ2) is 7.02. The van der Waals surface area contributed by atoms with Gasteiger partial charge in [0.25, 0.3) is 11.8 Å². The van der Waals surface area contributed by atoms with Crippen LogP contribution in [-0.4, -0.2) is 28.7 Å². The number of carbonyl (C=O) groups is 2. The standard InChI is InChI=1S/C21H22F2N2O4/c1-12-8-13(2)10-15(9-12)18(26)24-25(20(3,4)5)19(27)14-6-7-16-17(11-14)29-21(22,23)28-16/h6-11H,1-5H3,(H,24,26). The number of hydrazine groups is 1. The van der Waals surface area contributed by atoms with Gasteiger partial charge in [0.2, 0.25) is 0 Å². The maximum atomic E-state index is 13.2. The molecule has 1 aliphatic rings. The number of nitrogens with zero attached hydrogens (tertiary/aromatic N) is 1. The average molecular weight is 404 g/mol. The second-order valence-electron chi connectivity index (χ2n) is 7.96. The van der Waals surface area contributed by atoms with E-state index in [1.165, 1.54) is 23.2 Å². The van der Waals surface area contributed by atoms with Crippen molar-refractivity contribution < 1.29 is 27.8 Å². The zero-order valence-corrected chi connectivity index (χ0v) is 16.8. The summed E-state index contributed by atoms with van der Waals surface area (Å²) >= 11 is 0. The zero-order chi connectivity index (χ0) is 21.6. The third-order valence-electron chi connectivity index (χ3n) is 4.22. The van der Waals surface area contributed by atoms with Gasteiger partial charge < -0.3 is 9.47 Å². The van der Waals surface area contributed by atoms with Crippen molar-refractivity contribution >= 4 is 11.8 Å². The van der Waals surface area contributed by atoms with E-state index in [0.29, 0.717) is 5.56 Å². The van der Waals surface area contributed by atoms with Crippen LogP contribution in [0.1, 0.15) is 52.6 Å². The van der Waals surface area contributed by atoms with E-state index in [2.05, 4.69) is 14.9 Å². The Morgan fingerprint density at radius 1 is 0.931 bits per heavy atom. The van der Waals surface area contributed by atoms with Crippen molar-refractivity contribution in [3.05, 3.63) is 58.7 Å². The number of amides is 2. The van der Waals surface area contributed by atoms with Crippen LogP contribution in [0.4, 0.5) is 8.78 Å². The highest BCUT2D eigenvalue weighted by atomic mass is 19.3. The molecule has 0 radical (unpaired) electrons. The summed E-state index contributed by atoms with van der Waals surface area (Å²) in [6.45, 7) is 8.98. The summed E-state index contributed by atoms with van der Waals surface area (Å²) in [5, 5.41) is 1.17. The minimum absolute atomic E-state index is 0.0701. The molecular formula is C21H22F2N2O4. The predicted octanol–water partition coefficient (Wildman–Crippen LogP) is 4.21. The fourth-order valence-electron chi connectivity index (χ4n) is 3.01. The van der Waals surface area contributed by atoms with Crippen LogP contribution in [0.5, 0.6) is 11.5 Å². The fraction of sp³-hybridized carbons (Fsp3) is 0.333. The normalized spacial score (nSPS) is 14.4. The number of benzene rings is 2. The molecule has 0 aliphatic carbocycles. The largest absolute Gasteiger partial charge is 0.586 e. The molecule has 3 rings (SSSR count). The highest BCUT2D eigenvalue weighted by Gasteiger charge is 2.44. The van der Waals surface area contributed by atoms with Crippen LogP contribution in [0, 0.1) is 13.8 Å². The van der Waals surface area contributed by atoms with E-state index in [-0.39, 0.29) is 17.1 Å². The van der Waals surface area contributed by atoms with Crippen molar-refractivity contribution in [3.8, 4) is 11.5 Å². The maximum absolute atomic E-state index is 13.2. The van der Waals surface area contributed by atoms with Crippen LogP contribution < -0.4 is 14.9 Å². The van der Waals surface area contributed by atoms with Crippen LogP contribution >= 0.6 is 0 Å². The summed E-state index contributed by atoms with van der Waals surface area (Å²) in [6, 6.07) is 9.11. The topological polar surface area (TPSA) is 67.9 Å². The van der Waals surface area contributed by atoms with Gasteiger partial charge >= 0.3 is 6.29 Å². The van der Waals surface area contributed by atoms with Crippen molar-refractivity contribution in [2.45, 2.75) is 46.5 Å². The van der Waals surface area contributed by atoms with Crippen molar-refractivity contribution in [1.82, 2.24) is 10.4 Å². The number of fused-ring (bicyclic) bond motifs is 1. The SMILES string of the molecule is Cc1cc(C)cc(C(=O)NN(C(=O)c2ccc3c(c2)OC(F)(F)O3)C(C)(C)C)c1. The monoisotopic (exact) mass is 404 g/mol. The van der Waals surface area contributed by atoms with Gasteiger partial charge in [-0.05, 0) is 65.0 Å².